The first-order valence-corrected chi connectivity index (χ1v) is 8.88. The number of amides is 1. The molecule has 2 heterocycles. The number of aromatic nitrogens is 1. The van der Waals surface area contributed by atoms with Gasteiger partial charge >= 0.3 is 0 Å². The summed E-state index contributed by atoms with van der Waals surface area (Å²) < 4.78 is 7.06. The first kappa shape index (κ1) is 15.9. The van der Waals surface area contributed by atoms with E-state index in [1.165, 1.54) is 24.3 Å². The van der Waals surface area contributed by atoms with Crippen LogP contribution in [0.2, 0.25) is 0 Å². The third-order valence-electron chi connectivity index (χ3n) is 5.30. The maximum atomic E-state index is 13.1. The van der Waals surface area contributed by atoms with E-state index in [9.17, 15) is 9.59 Å². The lowest BCUT2D eigenvalue weighted by Gasteiger charge is -2.27. The standard InChI is InChI=1S/C20H22N2O3/c1-25-17-12-18(23)22-11-5-10-16(22)19(17)20(24)21-15-9-4-7-13-6-2-3-8-14(13)15/h2-3,6,8,12,15H,4-5,7,9-11H2,1H3,(H,21,24)/t15-/m1/s1. The van der Waals surface area contributed by atoms with Crippen LogP contribution in [0.15, 0.2) is 35.1 Å². The summed E-state index contributed by atoms with van der Waals surface area (Å²) in [5.41, 5.74) is 3.73. The molecule has 0 saturated heterocycles. The molecule has 1 amide bonds. The number of hydrogen-bond donors (Lipinski definition) is 1. The van der Waals surface area contributed by atoms with Gasteiger partial charge in [-0.1, -0.05) is 24.3 Å². The van der Waals surface area contributed by atoms with Gasteiger partial charge in [0.2, 0.25) is 0 Å². The Bertz CT molecular complexity index is 885. The van der Waals surface area contributed by atoms with Crippen LogP contribution in [-0.4, -0.2) is 17.6 Å². The molecule has 0 saturated carbocycles. The third-order valence-corrected chi connectivity index (χ3v) is 5.30. The molecule has 1 aromatic heterocycles. The quantitative estimate of drug-likeness (QED) is 0.936. The molecule has 2 aliphatic rings. The lowest BCUT2D eigenvalue weighted by Crippen LogP contribution is -2.33. The monoisotopic (exact) mass is 338 g/mol. The number of nitrogens with zero attached hydrogens (tertiary/aromatic N) is 1. The lowest BCUT2D eigenvalue weighted by molar-refractivity contribution is 0.0928. The van der Waals surface area contributed by atoms with Gasteiger partial charge in [-0.15, -0.1) is 0 Å². The van der Waals surface area contributed by atoms with Crippen molar-refractivity contribution in [2.24, 2.45) is 0 Å². The molecule has 1 aliphatic heterocycles. The smallest absolute Gasteiger partial charge is 0.257 e. The summed E-state index contributed by atoms with van der Waals surface area (Å²) in [4.78, 5) is 25.2. The fourth-order valence-electron chi connectivity index (χ4n) is 4.12. The number of carbonyl (C=O) groups excluding carboxylic acids is 1. The number of methoxy groups -OCH3 is 1. The van der Waals surface area contributed by atoms with E-state index < -0.39 is 0 Å². The molecular formula is C20H22N2O3. The number of hydrogen-bond acceptors (Lipinski definition) is 3. The summed E-state index contributed by atoms with van der Waals surface area (Å²) in [5.74, 6) is 0.226. The minimum Gasteiger partial charge on any atom is -0.496 e. The number of rotatable bonds is 3. The van der Waals surface area contributed by atoms with E-state index in [1.807, 2.05) is 12.1 Å². The molecule has 4 rings (SSSR count). The maximum absolute atomic E-state index is 13.1. The highest BCUT2D eigenvalue weighted by Gasteiger charge is 2.28. The highest BCUT2D eigenvalue weighted by molar-refractivity contribution is 5.98. The average molecular weight is 338 g/mol. The zero-order valence-corrected chi connectivity index (χ0v) is 14.4. The van der Waals surface area contributed by atoms with E-state index in [0.717, 1.165) is 37.8 Å². The molecule has 1 aromatic carbocycles. The molecule has 0 radical (unpaired) electrons. The first-order chi connectivity index (χ1) is 12.2. The summed E-state index contributed by atoms with van der Waals surface area (Å²) >= 11 is 0. The third kappa shape index (κ3) is 2.73. The Balaban J connectivity index is 1.69. The van der Waals surface area contributed by atoms with E-state index in [4.69, 9.17) is 4.74 Å². The summed E-state index contributed by atoms with van der Waals surface area (Å²) in [7, 11) is 1.51. The van der Waals surface area contributed by atoms with Crippen molar-refractivity contribution in [1.82, 2.24) is 9.88 Å². The zero-order chi connectivity index (χ0) is 17.4. The topological polar surface area (TPSA) is 60.3 Å². The second-order valence-corrected chi connectivity index (χ2v) is 6.74. The predicted molar refractivity (Wildman–Crippen MR) is 95.2 cm³/mol. The Kier molecular flexibility index (Phi) is 4.07. The summed E-state index contributed by atoms with van der Waals surface area (Å²) in [6, 6.07) is 9.73. The van der Waals surface area contributed by atoms with Crippen molar-refractivity contribution in [2.75, 3.05) is 7.11 Å². The second kappa shape index (κ2) is 6.39. The van der Waals surface area contributed by atoms with Gasteiger partial charge in [0.1, 0.15) is 11.3 Å². The van der Waals surface area contributed by atoms with Crippen LogP contribution in [0.4, 0.5) is 0 Å². The van der Waals surface area contributed by atoms with Gasteiger partial charge in [-0.05, 0) is 43.2 Å². The molecule has 5 nitrogen and oxygen atoms in total. The van der Waals surface area contributed by atoms with Crippen LogP contribution in [0.3, 0.4) is 0 Å². The van der Waals surface area contributed by atoms with Crippen molar-refractivity contribution in [3.63, 3.8) is 0 Å². The molecule has 0 bridgehead atoms. The number of nitrogens with one attached hydrogen (secondary N) is 1. The largest absolute Gasteiger partial charge is 0.496 e. The Morgan fingerprint density at radius 3 is 2.92 bits per heavy atom. The Hall–Kier alpha value is -2.56. The predicted octanol–water partition coefficient (Wildman–Crippen LogP) is 2.61. The number of aryl methyl sites for hydroxylation is 1. The Labute approximate surface area is 146 Å². The second-order valence-electron chi connectivity index (χ2n) is 6.74. The van der Waals surface area contributed by atoms with Crippen LogP contribution in [-0.2, 0) is 19.4 Å². The van der Waals surface area contributed by atoms with E-state index in [1.54, 1.807) is 4.57 Å². The minimum atomic E-state index is -0.149. The van der Waals surface area contributed by atoms with Crippen LogP contribution < -0.4 is 15.6 Å². The Morgan fingerprint density at radius 1 is 1.24 bits per heavy atom. The molecule has 1 aliphatic carbocycles. The van der Waals surface area contributed by atoms with E-state index in [2.05, 4.69) is 17.4 Å². The molecule has 2 aromatic rings. The molecule has 0 spiro atoms. The van der Waals surface area contributed by atoms with Gasteiger partial charge in [0.15, 0.2) is 0 Å². The van der Waals surface area contributed by atoms with Crippen molar-refractivity contribution in [3.05, 3.63) is 63.1 Å². The number of benzene rings is 1. The summed E-state index contributed by atoms with van der Waals surface area (Å²) in [6.45, 7) is 0.671. The van der Waals surface area contributed by atoms with Gasteiger partial charge in [-0.2, -0.15) is 0 Å². The van der Waals surface area contributed by atoms with Crippen LogP contribution in [0.5, 0.6) is 5.75 Å². The van der Waals surface area contributed by atoms with E-state index in [0.29, 0.717) is 17.9 Å². The number of fused-ring (bicyclic) bond motifs is 2. The lowest BCUT2D eigenvalue weighted by atomic mass is 9.87. The number of carbonyl (C=O) groups is 1. The van der Waals surface area contributed by atoms with Gasteiger partial charge < -0.3 is 14.6 Å². The van der Waals surface area contributed by atoms with Crippen LogP contribution in [0.25, 0.3) is 0 Å². The zero-order valence-electron chi connectivity index (χ0n) is 14.4. The highest BCUT2D eigenvalue weighted by atomic mass is 16.5. The Morgan fingerprint density at radius 2 is 2.08 bits per heavy atom. The van der Waals surface area contributed by atoms with E-state index >= 15 is 0 Å². The van der Waals surface area contributed by atoms with Crippen LogP contribution in [0, 0.1) is 0 Å². The normalized spacial score (nSPS) is 18.4. The van der Waals surface area contributed by atoms with Gasteiger partial charge in [0.25, 0.3) is 11.5 Å². The van der Waals surface area contributed by atoms with Gasteiger partial charge in [0.05, 0.1) is 13.2 Å². The van der Waals surface area contributed by atoms with Crippen molar-refractivity contribution in [3.8, 4) is 5.75 Å². The minimum absolute atomic E-state index is 0.0103. The van der Waals surface area contributed by atoms with Gasteiger partial charge in [-0.3, -0.25) is 9.59 Å². The molecule has 0 unspecified atom stereocenters. The molecule has 1 atom stereocenters. The van der Waals surface area contributed by atoms with Crippen LogP contribution >= 0.6 is 0 Å². The number of ether oxygens (including phenoxy) is 1. The molecule has 130 valence electrons. The average Bonchev–Trinajstić information content (AvgIpc) is 3.12. The maximum Gasteiger partial charge on any atom is 0.257 e. The SMILES string of the molecule is COc1cc(=O)n2c(c1C(=O)N[C@@H]1CCCc3ccccc31)CCC2. The fraction of sp³-hybridized carbons (Fsp3) is 0.400. The van der Waals surface area contributed by atoms with Crippen LogP contribution in [0.1, 0.15) is 52.5 Å². The molecule has 0 fully saturated rings. The van der Waals surface area contributed by atoms with Crippen molar-refractivity contribution < 1.29 is 9.53 Å². The van der Waals surface area contributed by atoms with Crippen molar-refractivity contribution in [2.45, 2.75) is 44.7 Å². The summed E-state index contributed by atoms with van der Waals surface area (Å²) in [5, 5.41) is 3.18. The molecular weight excluding hydrogens is 316 g/mol. The molecule has 1 N–H and O–H groups in total. The summed E-state index contributed by atoms with van der Waals surface area (Å²) in [6.07, 6.45) is 4.67. The number of pyridine rings is 1. The molecule has 5 heteroatoms. The van der Waals surface area contributed by atoms with E-state index in [-0.39, 0.29) is 17.5 Å². The fourth-order valence-corrected chi connectivity index (χ4v) is 4.12. The highest BCUT2D eigenvalue weighted by Crippen LogP contribution is 2.31. The van der Waals surface area contributed by atoms with Crippen molar-refractivity contribution >= 4 is 5.91 Å². The molecule has 25 heavy (non-hydrogen) atoms. The van der Waals surface area contributed by atoms with Crippen molar-refractivity contribution in [1.29, 1.82) is 0 Å². The van der Waals surface area contributed by atoms with Gasteiger partial charge in [0, 0.05) is 18.3 Å². The van der Waals surface area contributed by atoms with Gasteiger partial charge in [-0.25, -0.2) is 0 Å². The first-order valence-electron chi connectivity index (χ1n) is 8.88.